The zero-order valence-corrected chi connectivity index (χ0v) is 18.3. The van der Waals surface area contributed by atoms with Gasteiger partial charge in [-0.2, -0.15) is 0 Å². The van der Waals surface area contributed by atoms with Crippen LogP contribution >= 0.6 is 0 Å². The number of hydrogen-bond acceptors (Lipinski definition) is 13. The van der Waals surface area contributed by atoms with Crippen LogP contribution in [0.1, 0.15) is 33.6 Å². The highest BCUT2D eigenvalue weighted by molar-refractivity contribution is 4.88. The molecule has 0 aromatic carbocycles. The molecule has 11 atom stereocenters. The van der Waals surface area contributed by atoms with Gasteiger partial charge in [0.05, 0.1) is 12.1 Å². The molecule has 186 valence electrons. The van der Waals surface area contributed by atoms with Crippen LogP contribution in [0.4, 0.5) is 0 Å². The van der Waals surface area contributed by atoms with Crippen molar-refractivity contribution in [2.45, 2.75) is 102 Å². The van der Waals surface area contributed by atoms with E-state index in [4.69, 9.17) is 36.1 Å². The first-order chi connectivity index (χ1) is 14.5. The van der Waals surface area contributed by atoms with Gasteiger partial charge >= 0.3 is 0 Å². The average Bonchev–Trinajstić information content (AvgIpc) is 2.97. The van der Waals surface area contributed by atoms with Gasteiger partial charge in [0.15, 0.2) is 31.4 Å². The molecule has 1 saturated heterocycles. The molecule has 1 aliphatic rings. The topological polar surface area (TPSA) is 228 Å². The van der Waals surface area contributed by atoms with Gasteiger partial charge in [0.2, 0.25) is 0 Å². The number of nitrogens with one attached hydrogen (secondary N) is 1. The molecule has 0 saturated carbocycles. The van der Waals surface area contributed by atoms with Crippen LogP contribution in [0.2, 0.25) is 0 Å². The van der Waals surface area contributed by atoms with Crippen molar-refractivity contribution in [2.24, 2.45) is 17.2 Å². The maximum Gasteiger partial charge on any atom is 0.200 e. The fourth-order valence-corrected chi connectivity index (χ4v) is 3.07. The van der Waals surface area contributed by atoms with Crippen LogP contribution in [-0.2, 0) is 18.9 Å². The Hall–Kier alpha value is -0.520. The number of ether oxygens (including phenoxy) is 4. The molecule has 0 aliphatic carbocycles. The van der Waals surface area contributed by atoms with Crippen molar-refractivity contribution < 1.29 is 44.5 Å². The Morgan fingerprint density at radius 2 is 1.71 bits per heavy atom. The van der Waals surface area contributed by atoms with E-state index < -0.39 is 67.9 Å². The number of aliphatic hydroxyl groups is 5. The predicted molar refractivity (Wildman–Crippen MR) is 109 cm³/mol. The molecule has 1 fully saturated rings. The van der Waals surface area contributed by atoms with Crippen molar-refractivity contribution in [3.63, 3.8) is 0 Å². The second kappa shape index (κ2) is 13.9. The Balaban J connectivity index is 2.73. The predicted octanol–water partition coefficient (Wildman–Crippen LogP) is -3.82. The van der Waals surface area contributed by atoms with Crippen LogP contribution in [0, 0.1) is 0 Å². The molecule has 12 N–H and O–H groups in total. The lowest BCUT2D eigenvalue weighted by atomic mass is 10.0. The van der Waals surface area contributed by atoms with Gasteiger partial charge in [-0.3, -0.25) is 0 Å². The van der Waals surface area contributed by atoms with Crippen LogP contribution in [-0.4, -0.2) is 107 Å². The minimum Gasteiger partial charge on any atom is -0.387 e. The van der Waals surface area contributed by atoms with Gasteiger partial charge in [-0.1, -0.05) is 6.92 Å². The highest BCUT2D eigenvalue weighted by atomic mass is 16.8. The Labute approximate surface area is 182 Å². The van der Waals surface area contributed by atoms with Crippen molar-refractivity contribution in [1.82, 2.24) is 5.32 Å². The van der Waals surface area contributed by atoms with E-state index in [9.17, 15) is 25.5 Å². The first-order valence-corrected chi connectivity index (χ1v) is 10.5. The minimum absolute atomic E-state index is 0.0197. The summed E-state index contributed by atoms with van der Waals surface area (Å²) >= 11 is 0. The molecule has 1 aliphatic heterocycles. The van der Waals surface area contributed by atoms with Crippen molar-refractivity contribution in [2.75, 3.05) is 13.1 Å². The molecule has 10 unspecified atom stereocenters. The van der Waals surface area contributed by atoms with Gasteiger partial charge in [0.1, 0.15) is 18.3 Å². The SMILES string of the molecule is CCCNC(CC(N)C(C)OC(OC(C)O)C(N)O)[C@@H](O)OC1OC(CN)C(O)C1O. The zero-order valence-electron chi connectivity index (χ0n) is 18.3. The molecule has 0 radical (unpaired) electrons. The van der Waals surface area contributed by atoms with Crippen LogP contribution in [0.15, 0.2) is 0 Å². The molecule has 0 spiro atoms. The lowest BCUT2D eigenvalue weighted by Crippen LogP contribution is -2.51. The summed E-state index contributed by atoms with van der Waals surface area (Å²) in [5.74, 6) is 0. The van der Waals surface area contributed by atoms with E-state index in [0.29, 0.717) is 6.54 Å². The van der Waals surface area contributed by atoms with Crippen LogP contribution in [0.25, 0.3) is 0 Å². The minimum atomic E-state index is -1.50. The van der Waals surface area contributed by atoms with Crippen molar-refractivity contribution >= 4 is 0 Å². The van der Waals surface area contributed by atoms with Gasteiger partial charge in [0, 0.05) is 12.6 Å². The van der Waals surface area contributed by atoms with Crippen molar-refractivity contribution in [3.8, 4) is 0 Å². The third-order valence-corrected chi connectivity index (χ3v) is 4.91. The first kappa shape index (κ1) is 28.5. The molecule has 0 bridgehead atoms. The fourth-order valence-electron chi connectivity index (χ4n) is 3.07. The van der Waals surface area contributed by atoms with E-state index in [-0.39, 0.29) is 13.0 Å². The standard InChI is InChI=1S/C18H40N4O9/c1-4-5-22-11(16(27)31-17-14(25)13(24)12(7-19)30-17)6-10(20)8(2)28-18(15(21)26)29-9(3)23/h8-18,22-27H,4-7,19-21H2,1-3H3/t8?,9?,10?,11?,12?,13?,14?,15?,16-,17?,18?/m0/s1. The summed E-state index contributed by atoms with van der Waals surface area (Å²) in [5.41, 5.74) is 17.1. The lowest BCUT2D eigenvalue weighted by molar-refractivity contribution is -0.269. The number of rotatable bonds is 15. The van der Waals surface area contributed by atoms with Gasteiger partial charge in [-0.05, 0) is 33.2 Å². The molecule has 13 nitrogen and oxygen atoms in total. The number of aliphatic hydroxyl groups excluding tert-OH is 5. The summed E-state index contributed by atoms with van der Waals surface area (Å²) in [5, 5.41) is 52.5. The fraction of sp³-hybridized carbons (Fsp3) is 1.00. The Morgan fingerprint density at radius 1 is 1.06 bits per heavy atom. The lowest BCUT2D eigenvalue weighted by Gasteiger charge is -2.32. The molecule has 0 amide bonds. The third-order valence-electron chi connectivity index (χ3n) is 4.91. The molecule has 0 aromatic heterocycles. The van der Waals surface area contributed by atoms with Gasteiger partial charge < -0.3 is 67.0 Å². The molecule has 13 heteroatoms. The quantitative estimate of drug-likeness (QED) is 0.108. The molecule has 0 aromatic rings. The summed E-state index contributed by atoms with van der Waals surface area (Å²) in [4.78, 5) is 0. The van der Waals surface area contributed by atoms with Crippen LogP contribution in [0.3, 0.4) is 0 Å². The molecule has 31 heavy (non-hydrogen) atoms. The Bertz CT molecular complexity index is 491. The highest BCUT2D eigenvalue weighted by Gasteiger charge is 2.44. The Morgan fingerprint density at radius 3 is 2.19 bits per heavy atom. The van der Waals surface area contributed by atoms with Crippen LogP contribution in [0.5, 0.6) is 0 Å². The summed E-state index contributed by atoms with van der Waals surface area (Å²) in [6.07, 6.45) is -9.87. The van der Waals surface area contributed by atoms with E-state index >= 15 is 0 Å². The second-order valence-corrected chi connectivity index (χ2v) is 7.68. The van der Waals surface area contributed by atoms with E-state index in [1.165, 1.54) is 6.92 Å². The van der Waals surface area contributed by atoms with Gasteiger partial charge in [-0.15, -0.1) is 0 Å². The van der Waals surface area contributed by atoms with E-state index in [1.54, 1.807) is 6.92 Å². The maximum absolute atomic E-state index is 10.6. The summed E-state index contributed by atoms with van der Waals surface area (Å²) < 4.78 is 21.3. The van der Waals surface area contributed by atoms with Gasteiger partial charge in [0.25, 0.3) is 0 Å². The number of hydrogen-bond donors (Lipinski definition) is 9. The van der Waals surface area contributed by atoms with E-state index in [2.05, 4.69) is 5.32 Å². The average molecular weight is 457 g/mol. The molecule has 1 rings (SSSR count). The van der Waals surface area contributed by atoms with Gasteiger partial charge in [-0.25, -0.2) is 0 Å². The second-order valence-electron chi connectivity index (χ2n) is 7.68. The molecule has 1 heterocycles. The summed E-state index contributed by atoms with van der Waals surface area (Å²) in [7, 11) is 0. The maximum atomic E-state index is 10.6. The van der Waals surface area contributed by atoms with Crippen LogP contribution < -0.4 is 22.5 Å². The number of nitrogens with two attached hydrogens (primary N) is 3. The van der Waals surface area contributed by atoms with Crippen molar-refractivity contribution in [3.05, 3.63) is 0 Å². The first-order valence-electron chi connectivity index (χ1n) is 10.5. The Kier molecular flexibility index (Phi) is 12.8. The van der Waals surface area contributed by atoms with Crippen molar-refractivity contribution in [1.29, 1.82) is 0 Å². The normalized spacial score (nSPS) is 31.1. The monoisotopic (exact) mass is 456 g/mol. The molecular formula is C18H40N4O9. The van der Waals surface area contributed by atoms with E-state index in [0.717, 1.165) is 6.42 Å². The smallest absolute Gasteiger partial charge is 0.200 e. The highest BCUT2D eigenvalue weighted by Crippen LogP contribution is 2.23. The molecular weight excluding hydrogens is 416 g/mol. The summed E-state index contributed by atoms with van der Waals surface area (Å²) in [6.45, 7) is 5.43. The third kappa shape index (κ3) is 9.09. The summed E-state index contributed by atoms with van der Waals surface area (Å²) in [6, 6.07) is -1.34. The zero-order chi connectivity index (χ0) is 23.7. The largest absolute Gasteiger partial charge is 0.387 e. The van der Waals surface area contributed by atoms with E-state index in [1.807, 2.05) is 6.92 Å².